The molecule has 1 atom stereocenters. The van der Waals surface area contributed by atoms with E-state index in [9.17, 15) is 13.6 Å². The molecule has 7 heteroatoms. The third-order valence-electron chi connectivity index (χ3n) is 3.38. The van der Waals surface area contributed by atoms with Gasteiger partial charge in [0.05, 0.1) is 12.7 Å². The van der Waals surface area contributed by atoms with Gasteiger partial charge in [0.1, 0.15) is 0 Å². The number of alkyl halides is 2. The van der Waals surface area contributed by atoms with Crippen molar-refractivity contribution < 1.29 is 23.0 Å². The highest BCUT2D eigenvalue weighted by Gasteiger charge is 2.27. The lowest BCUT2D eigenvalue weighted by Gasteiger charge is -2.31. The number of carbonyl (C=O) groups excluding carboxylic acids is 1. The molecule has 0 radical (unpaired) electrons. The molecule has 21 heavy (non-hydrogen) atoms. The number of benzene rings is 1. The van der Waals surface area contributed by atoms with Crippen LogP contribution in [-0.4, -0.2) is 43.7 Å². The van der Waals surface area contributed by atoms with Crippen LogP contribution >= 0.6 is 0 Å². The van der Waals surface area contributed by atoms with Crippen molar-refractivity contribution in [2.75, 3.05) is 20.2 Å². The maximum absolute atomic E-state index is 12.6. The van der Waals surface area contributed by atoms with E-state index < -0.39 is 6.61 Å². The molecule has 0 aliphatic carbocycles. The molecule has 1 fully saturated rings. The Bertz CT molecular complexity index is 511. The van der Waals surface area contributed by atoms with Crippen molar-refractivity contribution in [1.29, 1.82) is 0 Å². The first-order valence-corrected chi connectivity index (χ1v) is 6.69. The van der Waals surface area contributed by atoms with Crippen LogP contribution in [0.1, 0.15) is 23.2 Å². The monoisotopic (exact) mass is 300 g/mol. The van der Waals surface area contributed by atoms with E-state index in [0.717, 1.165) is 12.8 Å². The molecule has 116 valence electrons. The lowest BCUT2D eigenvalue weighted by molar-refractivity contribution is -0.0516. The smallest absolute Gasteiger partial charge is 0.387 e. The third-order valence-corrected chi connectivity index (χ3v) is 3.38. The van der Waals surface area contributed by atoms with Crippen molar-refractivity contribution in [1.82, 2.24) is 4.90 Å². The molecule has 0 spiro atoms. The van der Waals surface area contributed by atoms with Gasteiger partial charge in [-0.2, -0.15) is 8.78 Å². The van der Waals surface area contributed by atoms with E-state index in [1.807, 2.05) is 0 Å². The number of halogens is 2. The van der Waals surface area contributed by atoms with Gasteiger partial charge in [0.25, 0.3) is 5.91 Å². The van der Waals surface area contributed by atoms with Crippen LogP contribution in [-0.2, 0) is 0 Å². The lowest BCUT2D eigenvalue weighted by atomic mass is 10.0. The summed E-state index contributed by atoms with van der Waals surface area (Å²) in [5, 5.41) is 0. The second-order valence-corrected chi connectivity index (χ2v) is 4.87. The SMILES string of the molecule is COc1cccc(C(=O)N2CCCC(N)C2)c1OC(F)F. The Morgan fingerprint density at radius 3 is 2.86 bits per heavy atom. The first-order valence-electron chi connectivity index (χ1n) is 6.69. The molecular formula is C14H18F2N2O3. The Balaban J connectivity index is 2.31. The number of carbonyl (C=O) groups is 1. The molecule has 1 aliphatic rings. The zero-order valence-electron chi connectivity index (χ0n) is 11.7. The average molecular weight is 300 g/mol. The normalized spacial score (nSPS) is 18.7. The molecule has 1 aliphatic heterocycles. The first-order chi connectivity index (χ1) is 10.0. The summed E-state index contributed by atoms with van der Waals surface area (Å²) in [5.74, 6) is -0.513. The standard InChI is InChI=1S/C14H18F2N2O3/c1-20-11-6-2-5-10(12(11)21-14(15)16)13(19)18-7-3-4-9(17)8-18/h2,5-6,9,14H,3-4,7-8,17H2,1H3. The summed E-state index contributed by atoms with van der Waals surface area (Å²) in [6, 6.07) is 4.39. The van der Waals surface area contributed by atoms with Crippen molar-refractivity contribution in [2.45, 2.75) is 25.5 Å². The fourth-order valence-corrected chi connectivity index (χ4v) is 2.42. The van der Waals surface area contributed by atoms with Crippen LogP contribution in [0.3, 0.4) is 0 Å². The van der Waals surface area contributed by atoms with Gasteiger partial charge >= 0.3 is 6.61 Å². The highest BCUT2D eigenvalue weighted by atomic mass is 19.3. The van der Waals surface area contributed by atoms with E-state index in [2.05, 4.69) is 4.74 Å². The molecular weight excluding hydrogens is 282 g/mol. The zero-order chi connectivity index (χ0) is 15.4. The van der Waals surface area contributed by atoms with E-state index >= 15 is 0 Å². The number of methoxy groups -OCH3 is 1. The number of hydrogen-bond acceptors (Lipinski definition) is 4. The van der Waals surface area contributed by atoms with Crippen molar-refractivity contribution >= 4 is 5.91 Å². The van der Waals surface area contributed by atoms with E-state index in [-0.39, 0.29) is 29.0 Å². The number of rotatable bonds is 4. The quantitative estimate of drug-likeness (QED) is 0.922. The van der Waals surface area contributed by atoms with E-state index in [0.29, 0.717) is 13.1 Å². The highest BCUT2D eigenvalue weighted by Crippen LogP contribution is 2.33. The molecule has 1 saturated heterocycles. The van der Waals surface area contributed by atoms with Crippen LogP contribution in [0.5, 0.6) is 11.5 Å². The molecule has 2 rings (SSSR count). The minimum atomic E-state index is -3.03. The number of hydrogen-bond donors (Lipinski definition) is 1. The number of piperidine rings is 1. The van der Waals surface area contributed by atoms with Gasteiger partial charge in [-0.15, -0.1) is 0 Å². The van der Waals surface area contributed by atoms with Crippen LogP contribution in [0, 0.1) is 0 Å². The molecule has 1 aromatic carbocycles. The largest absolute Gasteiger partial charge is 0.493 e. The highest BCUT2D eigenvalue weighted by molar-refractivity contribution is 5.98. The maximum Gasteiger partial charge on any atom is 0.387 e. The predicted octanol–water partition coefficient (Wildman–Crippen LogP) is 1.86. The van der Waals surface area contributed by atoms with Gasteiger partial charge in [-0.25, -0.2) is 0 Å². The third kappa shape index (κ3) is 3.60. The van der Waals surface area contributed by atoms with E-state index in [4.69, 9.17) is 10.5 Å². The van der Waals surface area contributed by atoms with Crippen molar-refractivity contribution in [2.24, 2.45) is 5.73 Å². The van der Waals surface area contributed by atoms with Crippen molar-refractivity contribution in [3.63, 3.8) is 0 Å². The summed E-state index contributed by atoms with van der Waals surface area (Å²) in [6.07, 6.45) is 1.64. The van der Waals surface area contributed by atoms with Gasteiger partial charge in [-0.05, 0) is 25.0 Å². The Hall–Kier alpha value is -1.89. The lowest BCUT2D eigenvalue weighted by Crippen LogP contribution is -2.45. The summed E-state index contributed by atoms with van der Waals surface area (Å²) in [7, 11) is 1.33. The van der Waals surface area contributed by atoms with Crippen LogP contribution in [0.2, 0.25) is 0 Å². The van der Waals surface area contributed by atoms with Crippen LogP contribution in [0.4, 0.5) is 8.78 Å². The fraction of sp³-hybridized carbons (Fsp3) is 0.500. The predicted molar refractivity (Wildman–Crippen MR) is 72.7 cm³/mol. The number of amides is 1. The van der Waals surface area contributed by atoms with Gasteiger partial charge in [0, 0.05) is 19.1 Å². The molecule has 0 saturated carbocycles. The Morgan fingerprint density at radius 1 is 1.48 bits per heavy atom. The minimum absolute atomic E-state index is 0.0590. The van der Waals surface area contributed by atoms with Crippen molar-refractivity contribution in [3.8, 4) is 11.5 Å². The molecule has 0 bridgehead atoms. The van der Waals surface area contributed by atoms with Gasteiger partial charge in [0.2, 0.25) is 0 Å². The second kappa shape index (κ2) is 6.71. The van der Waals surface area contributed by atoms with Crippen molar-refractivity contribution in [3.05, 3.63) is 23.8 Å². The van der Waals surface area contributed by atoms with Gasteiger partial charge in [-0.1, -0.05) is 6.07 Å². The average Bonchev–Trinajstić information content (AvgIpc) is 2.46. The molecule has 0 aromatic heterocycles. The Labute approximate surface area is 121 Å². The summed E-state index contributed by atoms with van der Waals surface area (Å²) in [4.78, 5) is 14.1. The number of para-hydroxylation sites is 1. The first kappa shape index (κ1) is 15.5. The zero-order valence-corrected chi connectivity index (χ0v) is 11.7. The second-order valence-electron chi connectivity index (χ2n) is 4.87. The van der Waals surface area contributed by atoms with Gasteiger partial charge in [0.15, 0.2) is 11.5 Å². The van der Waals surface area contributed by atoms with Gasteiger partial charge in [-0.3, -0.25) is 4.79 Å². The maximum atomic E-state index is 12.6. The van der Waals surface area contributed by atoms with Gasteiger partial charge < -0.3 is 20.1 Å². The molecule has 2 N–H and O–H groups in total. The summed E-state index contributed by atoms with van der Waals surface area (Å²) in [6.45, 7) is -2.07. The number of likely N-dealkylation sites (tertiary alicyclic amines) is 1. The Morgan fingerprint density at radius 2 is 2.24 bits per heavy atom. The van der Waals surface area contributed by atoms with E-state index in [1.165, 1.54) is 19.2 Å². The molecule has 1 heterocycles. The summed E-state index contributed by atoms with van der Waals surface area (Å²) in [5.41, 5.74) is 5.91. The topological polar surface area (TPSA) is 64.8 Å². The minimum Gasteiger partial charge on any atom is -0.493 e. The molecule has 5 nitrogen and oxygen atoms in total. The Kier molecular flexibility index (Phi) is 4.95. The number of nitrogens with two attached hydrogens (primary N) is 1. The number of nitrogens with zero attached hydrogens (tertiary/aromatic N) is 1. The van der Waals surface area contributed by atoms with E-state index in [1.54, 1.807) is 11.0 Å². The van der Waals surface area contributed by atoms with Crippen LogP contribution < -0.4 is 15.2 Å². The molecule has 1 aromatic rings. The summed E-state index contributed by atoms with van der Waals surface area (Å²) < 4.78 is 34.6. The summed E-state index contributed by atoms with van der Waals surface area (Å²) >= 11 is 0. The fourth-order valence-electron chi connectivity index (χ4n) is 2.42. The van der Waals surface area contributed by atoms with Crippen LogP contribution in [0.25, 0.3) is 0 Å². The number of ether oxygens (including phenoxy) is 2. The van der Waals surface area contributed by atoms with Crippen LogP contribution in [0.15, 0.2) is 18.2 Å². The molecule has 1 amide bonds. The molecule has 1 unspecified atom stereocenters.